The Bertz CT molecular complexity index is 1890. The van der Waals surface area contributed by atoms with Gasteiger partial charge in [-0.2, -0.15) is 0 Å². The van der Waals surface area contributed by atoms with E-state index in [9.17, 15) is 15.3 Å². The van der Waals surface area contributed by atoms with E-state index in [1.807, 2.05) is 42.5 Å². The summed E-state index contributed by atoms with van der Waals surface area (Å²) in [6, 6.07) is 25.6. The number of fused-ring (bicyclic) bond motifs is 2. The first-order valence-corrected chi connectivity index (χ1v) is 14.5. The van der Waals surface area contributed by atoms with Gasteiger partial charge in [-0.1, -0.05) is 69.5 Å². The predicted molar refractivity (Wildman–Crippen MR) is 166 cm³/mol. The fourth-order valence-corrected chi connectivity index (χ4v) is 6.94. The Morgan fingerprint density at radius 2 is 1.62 bits per heavy atom. The van der Waals surface area contributed by atoms with Crippen LogP contribution in [0, 0.1) is 11.2 Å². The molecule has 0 aliphatic carbocycles. The molecule has 4 aromatic carbocycles. The molecule has 2 heterocycles. The van der Waals surface area contributed by atoms with Gasteiger partial charge in [-0.3, -0.25) is 15.1 Å². The van der Waals surface area contributed by atoms with Crippen molar-refractivity contribution in [2.24, 2.45) is 0 Å². The highest BCUT2D eigenvalue weighted by molar-refractivity contribution is 9.10. The van der Waals surface area contributed by atoms with E-state index in [2.05, 4.69) is 15.9 Å². The standard InChI is InChI=1S/C31H18BrCl2FN2O2S/c32-18-10-6-16(7-11-18)23-25(27(38)17-8-12-19(33)13-9-17)30(36)37(20-4-2-1-3-5-20)31-26(23)28(39)24-21(34)14-15-22(35)29(24)40-31/h1-15,23,36,38H/b27-25+,36-30?/t23-/m1/s1. The molecule has 1 atom stereocenters. The zero-order chi connectivity index (χ0) is 28.1. The Morgan fingerprint density at radius 1 is 0.950 bits per heavy atom. The Balaban J connectivity index is 1.78. The number of amidine groups is 1. The van der Waals surface area contributed by atoms with Crippen LogP contribution in [0.4, 0.5) is 15.1 Å². The minimum atomic E-state index is -0.848. The van der Waals surface area contributed by atoms with Crippen LogP contribution in [0.5, 0.6) is 0 Å². The smallest absolute Gasteiger partial charge is 0.195 e. The summed E-state index contributed by atoms with van der Waals surface area (Å²) >= 11 is 17.1. The van der Waals surface area contributed by atoms with Gasteiger partial charge in [-0.15, -0.1) is 11.3 Å². The van der Waals surface area contributed by atoms with Gasteiger partial charge in [0.25, 0.3) is 0 Å². The van der Waals surface area contributed by atoms with Crippen LogP contribution in [-0.4, -0.2) is 10.9 Å². The van der Waals surface area contributed by atoms with Crippen molar-refractivity contribution in [1.82, 2.24) is 0 Å². The first-order valence-electron chi connectivity index (χ1n) is 12.1. The summed E-state index contributed by atoms with van der Waals surface area (Å²) in [7, 11) is 0. The molecule has 9 heteroatoms. The summed E-state index contributed by atoms with van der Waals surface area (Å²) < 4.78 is 16.1. The van der Waals surface area contributed by atoms with Crippen molar-refractivity contribution < 1.29 is 9.50 Å². The second-order valence-electron chi connectivity index (χ2n) is 9.16. The lowest BCUT2D eigenvalue weighted by atomic mass is 9.80. The molecule has 0 unspecified atom stereocenters. The molecule has 198 valence electrons. The third-order valence-corrected chi connectivity index (χ3v) is 9.10. The fraction of sp³-hybridized carbons (Fsp3) is 0.0323. The highest BCUT2D eigenvalue weighted by atomic mass is 79.9. The molecule has 0 saturated carbocycles. The van der Waals surface area contributed by atoms with Crippen LogP contribution in [0.2, 0.25) is 10.0 Å². The van der Waals surface area contributed by atoms with Gasteiger partial charge in [0, 0.05) is 37.8 Å². The van der Waals surface area contributed by atoms with E-state index in [1.165, 1.54) is 12.1 Å². The highest BCUT2D eigenvalue weighted by Crippen LogP contribution is 2.50. The molecule has 0 radical (unpaired) electrons. The van der Waals surface area contributed by atoms with E-state index in [4.69, 9.17) is 23.2 Å². The number of benzene rings is 4. The average molecular weight is 652 g/mol. The van der Waals surface area contributed by atoms with Crippen LogP contribution in [0.3, 0.4) is 0 Å². The number of para-hydroxylation sites is 1. The lowest BCUT2D eigenvalue weighted by molar-refractivity contribution is 0.505. The molecule has 0 saturated heterocycles. The molecule has 2 N–H and O–H groups in total. The van der Waals surface area contributed by atoms with E-state index < -0.39 is 17.2 Å². The number of aliphatic hydroxyl groups is 1. The monoisotopic (exact) mass is 650 g/mol. The van der Waals surface area contributed by atoms with Gasteiger partial charge < -0.3 is 5.11 Å². The largest absolute Gasteiger partial charge is 0.507 e. The van der Waals surface area contributed by atoms with Gasteiger partial charge in [0.15, 0.2) is 5.43 Å². The lowest BCUT2D eigenvalue weighted by Crippen LogP contribution is -2.38. The Hall–Kier alpha value is -3.49. The number of hydrogen-bond acceptors (Lipinski definition) is 4. The summed E-state index contributed by atoms with van der Waals surface area (Å²) in [6.45, 7) is 0. The quantitative estimate of drug-likeness (QED) is 0.191. The van der Waals surface area contributed by atoms with Crippen LogP contribution in [0.1, 0.15) is 22.6 Å². The molecule has 40 heavy (non-hydrogen) atoms. The fourth-order valence-electron chi connectivity index (χ4n) is 4.98. The van der Waals surface area contributed by atoms with E-state index in [1.54, 1.807) is 41.3 Å². The minimum absolute atomic E-state index is 0.0449. The molecular weight excluding hydrogens is 634 g/mol. The number of aliphatic hydroxyl groups excluding tert-OH is 1. The van der Waals surface area contributed by atoms with Crippen molar-refractivity contribution in [2.45, 2.75) is 5.92 Å². The lowest BCUT2D eigenvalue weighted by Gasteiger charge is -2.37. The average Bonchev–Trinajstić information content (AvgIpc) is 2.95. The van der Waals surface area contributed by atoms with E-state index in [-0.39, 0.29) is 32.3 Å². The Labute approximate surface area is 251 Å². The maximum absolute atomic E-state index is 15.1. The SMILES string of the molecule is N=C1/C(=C(/O)c2ccc(Cl)cc2)[C@@H](c2ccc(Br)cc2)c2c(sc3c(F)ccc(Cl)c3c2=O)N1c1ccccc1. The van der Waals surface area contributed by atoms with Crippen LogP contribution in [0.15, 0.2) is 106 Å². The summed E-state index contributed by atoms with van der Waals surface area (Å²) in [4.78, 5) is 15.9. The summed E-state index contributed by atoms with van der Waals surface area (Å²) in [6.07, 6.45) is 0. The van der Waals surface area contributed by atoms with Gasteiger partial charge in [0.1, 0.15) is 22.4 Å². The van der Waals surface area contributed by atoms with Crippen molar-refractivity contribution in [3.8, 4) is 0 Å². The number of anilines is 2. The van der Waals surface area contributed by atoms with Crippen molar-refractivity contribution >= 4 is 82.8 Å². The summed E-state index contributed by atoms with van der Waals surface area (Å²) in [5.41, 5.74) is 1.75. The van der Waals surface area contributed by atoms with Gasteiger partial charge in [0.05, 0.1) is 15.1 Å². The van der Waals surface area contributed by atoms with Crippen LogP contribution >= 0.6 is 50.5 Å². The van der Waals surface area contributed by atoms with E-state index in [0.29, 0.717) is 32.4 Å². The van der Waals surface area contributed by atoms with Crippen molar-refractivity contribution in [3.05, 3.63) is 144 Å². The molecule has 1 aliphatic rings. The third kappa shape index (κ3) is 4.43. The molecule has 1 aliphatic heterocycles. The van der Waals surface area contributed by atoms with Crippen LogP contribution in [-0.2, 0) is 0 Å². The molecule has 5 aromatic rings. The van der Waals surface area contributed by atoms with Gasteiger partial charge in [0.2, 0.25) is 0 Å². The van der Waals surface area contributed by atoms with Crippen molar-refractivity contribution in [2.75, 3.05) is 4.90 Å². The van der Waals surface area contributed by atoms with Crippen molar-refractivity contribution in [1.29, 1.82) is 5.41 Å². The molecule has 0 amide bonds. The molecule has 6 rings (SSSR count). The summed E-state index contributed by atoms with van der Waals surface area (Å²) in [5, 5.41) is 22.3. The maximum atomic E-state index is 15.1. The first-order chi connectivity index (χ1) is 19.3. The number of rotatable bonds is 3. The number of halogens is 4. The van der Waals surface area contributed by atoms with Crippen molar-refractivity contribution in [3.63, 3.8) is 0 Å². The number of hydrogen-bond donors (Lipinski definition) is 2. The van der Waals surface area contributed by atoms with Gasteiger partial charge >= 0.3 is 0 Å². The van der Waals surface area contributed by atoms with E-state index in [0.717, 1.165) is 15.8 Å². The van der Waals surface area contributed by atoms with E-state index >= 15 is 4.39 Å². The van der Waals surface area contributed by atoms with Gasteiger partial charge in [-0.05, 0) is 66.2 Å². The zero-order valence-electron chi connectivity index (χ0n) is 20.5. The normalized spacial score (nSPS) is 16.2. The maximum Gasteiger partial charge on any atom is 0.195 e. The van der Waals surface area contributed by atoms with Crippen LogP contribution < -0.4 is 10.3 Å². The van der Waals surface area contributed by atoms with Gasteiger partial charge in [-0.25, -0.2) is 4.39 Å². The highest BCUT2D eigenvalue weighted by Gasteiger charge is 2.41. The number of nitrogens with one attached hydrogen (secondary N) is 1. The second-order valence-corrected chi connectivity index (χ2v) is 11.9. The predicted octanol–water partition coefficient (Wildman–Crippen LogP) is 9.70. The third-order valence-electron chi connectivity index (χ3n) is 6.81. The Morgan fingerprint density at radius 3 is 2.30 bits per heavy atom. The molecule has 1 aromatic heterocycles. The molecule has 4 nitrogen and oxygen atoms in total. The Kier molecular flexibility index (Phi) is 7.00. The molecule has 0 spiro atoms. The first kappa shape index (κ1) is 26.7. The molecule has 0 bridgehead atoms. The minimum Gasteiger partial charge on any atom is -0.507 e. The molecular formula is C31H18BrCl2FN2O2S. The van der Waals surface area contributed by atoms with Crippen LogP contribution in [0.25, 0.3) is 15.8 Å². The second kappa shape index (κ2) is 10.5. The number of nitrogens with zero attached hydrogens (tertiary/aromatic N) is 1. The zero-order valence-corrected chi connectivity index (χ0v) is 24.4. The topological polar surface area (TPSA) is 64.4 Å². The summed E-state index contributed by atoms with van der Waals surface area (Å²) in [5.74, 6) is -1.64. The molecule has 0 fully saturated rings.